The maximum atomic E-state index is 12.1. The minimum absolute atomic E-state index is 0.0716. The van der Waals surface area contributed by atoms with Crippen LogP contribution in [0.15, 0.2) is 12.1 Å². The van der Waals surface area contributed by atoms with Crippen molar-refractivity contribution in [3.8, 4) is 11.5 Å². The van der Waals surface area contributed by atoms with Crippen molar-refractivity contribution in [2.24, 2.45) is 0 Å². The maximum Gasteiger partial charge on any atom is 0.236 e. The van der Waals surface area contributed by atoms with E-state index in [-0.39, 0.29) is 11.7 Å². The fourth-order valence-electron chi connectivity index (χ4n) is 2.55. The smallest absolute Gasteiger partial charge is 0.236 e. The second kappa shape index (κ2) is 7.00. The van der Waals surface area contributed by atoms with Crippen LogP contribution in [-0.4, -0.2) is 54.6 Å². The molecule has 0 saturated carbocycles. The predicted molar refractivity (Wildman–Crippen MR) is 81.8 cm³/mol. The number of rotatable bonds is 5. The minimum atomic E-state index is 0.0716. The molecule has 1 saturated heterocycles. The first-order valence-electron chi connectivity index (χ1n) is 7.03. The van der Waals surface area contributed by atoms with Crippen molar-refractivity contribution in [1.29, 1.82) is 0 Å². The number of carbonyl (C=O) groups is 1. The molecule has 0 unspecified atom stereocenters. The number of phenols is 1. The molecule has 2 rings (SSSR count). The second-order valence-electron chi connectivity index (χ2n) is 5.38. The van der Waals surface area contributed by atoms with E-state index in [0.717, 1.165) is 25.9 Å². The van der Waals surface area contributed by atoms with Crippen molar-refractivity contribution in [1.82, 2.24) is 9.80 Å². The van der Waals surface area contributed by atoms with Crippen LogP contribution in [0.1, 0.15) is 18.4 Å². The topological polar surface area (TPSA) is 53.0 Å². The zero-order valence-electron chi connectivity index (χ0n) is 12.4. The van der Waals surface area contributed by atoms with E-state index in [1.54, 1.807) is 12.1 Å². The summed E-state index contributed by atoms with van der Waals surface area (Å²) in [6.45, 7) is 2.46. The van der Waals surface area contributed by atoms with E-state index in [9.17, 15) is 9.90 Å². The lowest BCUT2D eigenvalue weighted by Crippen LogP contribution is -2.36. The summed E-state index contributed by atoms with van der Waals surface area (Å²) in [5.74, 6) is 0.544. The minimum Gasteiger partial charge on any atom is -0.504 e. The summed E-state index contributed by atoms with van der Waals surface area (Å²) in [6, 6.07) is 3.26. The first kappa shape index (κ1) is 15.9. The SMILES string of the molecule is COc1cc(Cl)cc(CN(C)CC(=O)N2CCCC2)c1O. The van der Waals surface area contributed by atoms with E-state index in [1.807, 2.05) is 16.8 Å². The lowest BCUT2D eigenvalue weighted by atomic mass is 10.1. The number of aromatic hydroxyl groups is 1. The van der Waals surface area contributed by atoms with Crippen LogP contribution in [0.2, 0.25) is 5.02 Å². The van der Waals surface area contributed by atoms with Crippen LogP contribution in [-0.2, 0) is 11.3 Å². The van der Waals surface area contributed by atoms with Crippen LogP contribution >= 0.6 is 11.6 Å². The van der Waals surface area contributed by atoms with E-state index < -0.39 is 0 Å². The van der Waals surface area contributed by atoms with E-state index in [0.29, 0.717) is 29.4 Å². The van der Waals surface area contributed by atoms with E-state index in [2.05, 4.69) is 0 Å². The third-order valence-corrected chi connectivity index (χ3v) is 3.86. The summed E-state index contributed by atoms with van der Waals surface area (Å²) in [5.41, 5.74) is 0.649. The summed E-state index contributed by atoms with van der Waals surface area (Å²) in [4.78, 5) is 15.8. The number of hydrogen-bond acceptors (Lipinski definition) is 4. The van der Waals surface area contributed by atoms with E-state index in [1.165, 1.54) is 7.11 Å². The molecule has 5 nitrogen and oxygen atoms in total. The van der Waals surface area contributed by atoms with Crippen LogP contribution in [0.3, 0.4) is 0 Å². The normalized spacial score (nSPS) is 14.8. The van der Waals surface area contributed by atoms with Gasteiger partial charge in [0.15, 0.2) is 11.5 Å². The molecule has 1 aromatic rings. The standard InChI is InChI=1S/C15H21ClN2O3/c1-17(10-14(19)18-5-3-4-6-18)9-11-7-12(16)8-13(21-2)15(11)20/h7-8,20H,3-6,9-10H2,1-2H3. The van der Waals surface area contributed by atoms with Gasteiger partial charge in [0.2, 0.25) is 5.91 Å². The van der Waals surface area contributed by atoms with Crippen LogP contribution in [0.5, 0.6) is 11.5 Å². The van der Waals surface area contributed by atoms with Gasteiger partial charge in [0.1, 0.15) is 0 Å². The number of halogens is 1. The van der Waals surface area contributed by atoms with Crippen LogP contribution < -0.4 is 4.74 Å². The number of nitrogens with zero attached hydrogens (tertiary/aromatic N) is 2. The molecule has 1 amide bonds. The van der Waals surface area contributed by atoms with E-state index in [4.69, 9.17) is 16.3 Å². The summed E-state index contributed by atoms with van der Waals surface area (Å²) in [6.07, 6.45) is 2.17. The monoisotopic (exact) mass is 312 g/mol. The number of methoxy groups -OCH3 is 1. The molecule has 1 N–H and O–H groups in total. The summed E-state index contributed by atoms with van der Waals surface area (Å²) in [5, 5.41) is 10.6. The molecule has 6 heteroatoms. The highest BCUT2D eigenvalue weighted by molar-refractivity contribution is 6.30. The highest BCUT2D eigenvalue weighted by Crippen LogP contribution is 2.33. The number of hydrogen-bond donors (Lipinski definition) is 1. The van der Waals surface area contributed by atoms with Gasteiger partial charge in [0.05, 0.1) is 13.7 Å². The molecule has 0 radical (unpaired) electrons. The van der Waals surface area contributed by atoms with Gasteiger partial charge in [0.25, 0.3) is 0 Å². The van der Waals surface area contributed by atoms with Crippen molar-refractivity contribution in [2.45, 2.75) is 19.4 Å². The molecule has 116 valence electrons. The molecule has 1 aliphatic rings. The fraction of sp³-hybridized carbons (Fsp3) is 0.533. The van der Waals surface area contributed by atoms with Gasteiger partial charge in [-0.25, -0.2) is 0 Å². The number of ether oxygens (including phenoxy) is 1. The molecular weight excluding hydrogens is 292 g/mol. The van der Waals surface area contributed by atoms with Crippen molar-refractivity contribution in [2.75, 3.05) is 33.8 Å². The Balaban J connectivity index is 2.00. The van der Waals surface area contributed by atoms with Gasteiger partial charge >= 0.3 is 0 Å². The van der Waals surface area contributed by atoms with Crippen molar-refractivity contribution in [3.05, 3.63) is 22.7 Å². The lowest BCUT2D eigenvalue weighted by Gasteiger charge is -2.22. The van der Waals surface area contributed by atoms with Gasteiger partial charge in [-0.2, -0.15) is 0 Å². The Morgan fingerprint density at radius 1 is 1.43 bits per heavy atom. The van der Waals surface area contributed by atoms with Crippen LogP contribution in [0.25, 0.3) is 0 Å². The molecule has 1 aromatic carbocycles. The fourth-order valence-corrected chi connectivity index (χ4v) is 2.78. The third kappa shape index (κ3) is 4.02. The van der Waals surface area contributed by atoms with Crippen LogP contribution in [0.4, 0.5) is 0 Å². The number of carbonyl (C=O) groups excluding carboxylic acids is 1. The van der Waals surface area contributed by atoms with Crippen molar-refractivity contribution < 1.29 is 14.6 Å². The summed E-state index contributed by atoms with van der Waals surface area (Å²) >= 11 is 6.01. The number of likely N-dealkylation sites (N-methyl/N-ethyl adjacent to an activating group) is 1. The third-order valence-electron chi connectivity index (χ3n) is 3.64. The van der Waals surface area contributed by atoms with Gasteiger partial charge in [-0.05, 0) is 26.0 Å². The molecule has 21 heavy (non-hydrogen) atoms. The van der Waals surface area contributed by atoms with E-state index >= 15 is 0 Å². The molecular formula is C15H21ClN2O3. The summed E-state index contributed by atoms with van der Waals surface area (Å²) in [7, 11) is 3.33. The van der Waals surface area contributed by atoms with Gasteiger partial charge in [-0.15, -0.1) is 0 Å². The van der Waals surface area contributed by atoms with Gasteiger partial charge in [-0.1, -0.05) is 11.6 Å². The Morgan fingerprint density at radius 3 is 2.71 bits per heavy atom. The molecule has 0 aliphatic carbocycles. The molecule has 0 atom stereocenters. The lowest BCUT2D eigenvalue weighted by molar-refractivity contribution is -0.131. The zero-order valence-corrected chi connectivity index (χ0v) is 13.2. The number of amides is 1. The highest BCUT2D eigenvalue weighted by Gasteiger charge is 2.20. The quantitative estimate of drug-likeness (QED) is 0.905. The molecule has 0 aromatic heterocycles. The van der Waals surface area contributed by atoms with Gasteiger partial charge in [0, 0.05) is 36.3 Å². The Morgan fingerprint density at radius 2 is 2.10 bits per heavy atom. The maximum absolute atomic E-state index is 12.1. The number of phenolic OH excluding ortho intramolecular Hbond substituents is 1. The second-order valence-corrected chi connectivity index (χ2v) is 5.81. The molecule has 1 aliphatic heterocycles. The predicted octanol–water partition coefficient (Wildman–Crippen LogP) is 2.11. The number of benzene rings is 1. The first-order chi connectivity index (χ1) is 10.0. The largest absolute Gasteiger partial charge is 0.504 e. The molecule has 0 spiro atoms. The Hall–Kier alpha value is -1.46. The molecule has 0 bridgehead atoms. The average molecular weight is 313 g/mol. The van der Waals surface area contributed by atoms with Gasteiger partial charge in [-0.3, -0.25) is 9.69 Å². The van der Waals surface area contributed by atoms with Gasteiger partial charge < -0.3 is 14.7 Å². The molecule has 1 heterocycles. The Bertz CT molecular complexity index is 516. The zero-order chi connectivity index (χ0) is 15.4. The summed E-state index contributed by atoms with van der Waals surface area (Å²) < 4.78 is 5.08. The number of likely N-dealkylation sites (tertiary alicyclic amines) is 1. The van der Waals surface area contributed by atoms with Crippen molar-refractivity contribution >= 4 is 17.5 Å². The molecule has 1 fully saturated rings. The van der Waals surface area contributed by atoms with Crippen molar-refractivity contribution in [3.63, 3.8) is 0 Å². The Kier molecular flexibility index (Phi) is 5.31. The Labute approximate surface area is 130 Å². The highest BCUT2D eigenvalue weighted by atomic mass is 35.5. The average Bonchev–Trinajstić information content (AvgIpc) is 2.96. The first-order valence-corrected chi connectivity index (χ1v) is 7.40. The van der Waals surface area contributed by atoms with Crippen LogP contribution in [0, 0.1) is 0 Å².